The fourth-order valence-electron chi connectivity index (χ4n) is 2.86. The highest BCUT2D eigenvalue weighted by Gasteiger charge is 2.22. The summed E-state index contributed by atoms with van der Waals surface area (Å²) in [7, 11) is 3.83. The van der Waals surface area contributed by atoms with Gasteiger partial charge < -0.3 is 20.6 Å². The third-order valence-electron chi connectivity index (χ3n) is 4.36. The number of nitrogens with zero attached hydrogens (tertiary/aromatic N) is 2. The molecule has 1 atom stereocenters. The van der Waals surface area contributed by atoms with Crippen molar-refractivity contribution in [2.75, 3.05) is 27.2 Å². The van der Waals surface area contributed by atoms with Gasteiger partial charge in [-0.15, -0.1) is 24.0 Å². The smallest absolute Gasteiger partial charge is 0.191 e. The third kappa shape index (κ3) is 8.28. The van der Waals surface area contributed by atoms with Crippen LogP contribution in [0, 0.1) is 5.82 Å². The molecule has 0 fully saturated rings. The molecular formula is C22H32FIN4O. The van der Waals surface area contributed by atoms with E-state index in [9.17, 15) is 9.50 Å². The third-order valence-corrected chi connectivity index (χ3v) is 4.36. The zero-order valence-corrected chi connectivity index (χ0v) is 19.9. The molecule has 160 valence electrons. The van der Waals surface area contributed by atoms with Crippen molar-refractivity contribution in [3.63, 3.8) is 0 Å². The van der Waals surface area contributed by atoms with Crippen LogP contribution < -0.4 is 10.6 Å². The van der Waals surface area contributed by atoms with E-state index in [1.54, 1.807) is 13.0 Å². The molecule has 0 saturated carbocycles. The second-order valence-corrected chi connectivity index (χ2v) is 7.35. The first kappa shape index (κ1) is 25.3. The Morgan fingerprint density at radius 3 is 2.45 bits per heavy atom. The van der Waals surface area contributed by atoms with Crippen molar-refractivity contribution in [3.05, 3.63) is 71.0 Å². The van der Waals surface area contributed by atoms with Crippen LogP contribution in [0.5, 0.6) is 0 Å². The highest BCUT2D eigenvalue weighted by molar-refractivity contribution is 14.0. The van der Waals surface area contributed by atoms with Crippen molar-refractivity contribution in [3.8, 4) is 0 Å². The van der Waals surface area contributed by atoms with Crippen molar-refractivity contribution in [1.82, 2.24) is 15.5 Å². The van der Waals surface area contributed by atoms with E-state index in [4.69, 9.17) is 0 Å². The van der Waals surface area contributed by atoms with E-state index in [-0.39, 0.29) is 29.8 Å². The molecule has 1 unspecified atom stereocenters. The van der Waals surface area contributed by atoms with Gasteiger partial charge in [-0.3, -0.25) is 0 Å². The van der Waals surface area contributed by atoms with Crippen molar-refractivity contribution >= 4 is 29.9 Å². The Hall–Kier alpha value is -1.71. The number of aliphatic hydroxyl groups is 1. The number of rotatable bonds is 8. The largest absolute Gasteiger partial charge is 0.384 e. The normalized spacial score (nSPS) is 13.6. The number of guanidine groups is 1. The first-order chi connectivity index (χ1) is 13.3. The highest BCUT2D eigenvalue weighted by Crippen LogP contribution is 2.19. The molecule has 2 aromatic rings. The van der Waals surface area contributed by atoms with Crippen LogP contribution >= 0.6 is 24.0 Å². The van der Waals surface area contributed by atoms with Crippen LogP contribution in [0.4, 0.5) is 4.39 Å². The summed E-state index contributed by atoms with van der Waals surface area (Å²) in [4.78, 5) is 6.51. The molecule has 0 radical (unpaired) electrons. The van der Waals surface area contributed by atoms with Crippen LogP contribution in [0.15, 0.2) is 53.5 Å². The zero-order chi connectivity index (χ0) is 20.6. The Kier molecular flexibility index (Phi) is 10.6. The summed E-state index contributed by atoms with van der Waals surface area (Å²) in [5.41, 5.74) is 1.41. The fraction of sp³-hybridized carbons (Fsp3) is 0.409. The molecule has 29 heavy (non-hydrogen) atoms. The molecule has 0 aliphatic rings. The molecule has 5 nitrogen and oxygen atoms in total. The van der Waals surface area contributed by atoms with E-state index in [0.717, 1.165) is 11.1 Å². The van der Waals surface area contributed by atoms with Gasteiger partial charge in [0.15, 0.2) is 5.96 Å². The minimum absolute atomic E-state index is 0. The monoisotopic (exact) mass is 514 g/mol. The maximum atomic E-state index is 13.9. The summed E-state index contributed by atoms with van der Waals surface area (Å²) in [5, 5.41) is 17.1. The standard InChI is InChI=1S/C22H31FN4O.HI/c1-5-24-21(26-16-22(2,28)19-9-7-6-8-10-19)25-14-17-11-12-20(23)18(13-17)15-27(3)4;/h6-13,28H,5,14-16H2,1-4H3,(H2,24,25,26);1H. The van der Waals surface area contributed by atoms with Crippen LogP contribution in [0.1, 0.15) is 30.5 Å². The quantitative estimate of drug-likeness (QED) is 0.287. The maximum absolute atomic E-state index is 13.9. The first-order valence-electron chi connectivity index (χ1n) is 9.54. The van der Waals surface area contributed by atoms with Gasteiger partial charge in [0.05, 0.1) is 13.1 Å². The van der Waals surface area contributed by atoms with Gasteiger partial charge in [-0.25, -0.2) is 9.38 Å². The summed E-state index contributed by atoms with van der Waals surface area (Å²) in [6, 6.07) is 14.6. The topological polar surface area (TPSA) is 59.9 Å². The van der Waals surface area contributed by atoms with Crippen LogP contribution in [-0.4, -0.2) is 43.2 Å². The van der Waals surface area contributed by atoms with Crippen LogP contribution in [0.2, 0.25) is 0 Å². The Bertz CT molecular complexity index is 782. The Labute approximate surface area is 190 Å². The lowest BCUT2D eigenvalue weighted by Gasteiger charge is -2.25. The fourth-order valence-corrected chi connectivity index (χ4v) is 2.86. The van der Waals surface area contributed by atoms with Crippen LogP contribution in [-0.2, 0) is 18.7 Å². The van der Waals surface area contributed by atoms with E-state index in [1.165, 1.54) is 6.07 Å². The van der Waals surface area contributed by atoms with Crippen LogP contribution in [0.25, 0.3) is 0 Å². The van der Waals surface area contributed by atoms with Crippen molar-refractivity contribution < 1.29 is 9.50 Å². The van der Waals surface area contributed by atoms with Gasteiger partial charge in [-0.05, 0) is 51.2 Å². The lowest BCUT2D eigenvalue weighted by Crippen LogP contribution is -2.44. The SMILES string of the molecule is CCNC(=NCc1ccc(F)c(CN(C)C)c1)NCC(C)(O)c1ccccc1.I. The minimum Gasteiger partial charge on any atom is -0.384 e. The lowest BCUT2D eigenvalue weighted by molar-refractivity contribution is 0.0617. The number of nitrogens with one attached hydrogen (secondary N) is 2. The number of benzene rings is 2. The van der Waals surface area contributed by atoms with Crippen molar-refractivity contribution in [2.24, 2.45) is 4.99 Å². The van der Waals surface area contributed by atoms with Gasteiger partial charge in [0.1, 0.15) is 11.4 Å². The van der Waals surface area contributed by atoms with Crippen LogP contribution in [0.3, 0.4) is 0 Å². The molecule has 0 bridgehead atoms. The van der Waals surface area contributed by atoms with Gasteiger partial charge in [0.2, 0.25) is 0 Å². The predicted octanol–water partition coefficient (Wildman–Crippen LogP) is 3.47. The minimum atomic E-state index is -1.02. The van der Waals surface area contributed by atoms with E-state index in [0.29, 0.717) is 37.7 Å². The van der Waals surface area contributed by atoms with E-state index < -0.39 is 5.60 Å². The van der Waals surface area contributed by atoms with Gasteiger partial charge >= 0.3 is 0 Å². The molecule has 0 heterocycles. The van der Waals surface area contributed by atoms with Gasteiger partial charge in [-0.1, -0.05) is 36.4 Å². The second kappa shape index (κ2) is 12.1. The summed E-state index contributed by atoms with van der Waals surface area (Å²) in [5.74, 6) is 0.405. The highest BCUT2D eigenvalue weighted by atomic mass is 127. The Morgan fingerprint density at radius 1 is 1.14 bits per heavy atom. The first-order valence-corrected chi connectivity index (χ1v) is 9.54. The Morgan fingerprint density at radius 2 is 1.83 bits per heavy atom. The number of hydrogen-bond donors (Lipinski definition) is 3. The number of halogens is 2. The molecule has 7 heteroatoms. The average Bonchev–Trinajstić information content (AvgIpc) is 2.66. The van der Waals surface area contributed by atoms with Gasteiger partial charge in [0, 0.05) is 18.7 Å². The lowest BCUT2D eigenvalue weighted by atomic mass is 9.96. The zero-order valence-electron chi connectivity index (χ0n) is 17.6. The molecular weight excluding hydrogens is 482 g/mol. The summed E-state index contributed by atoms with van der Waals surface area (Å²) >= 11 is 0. The molecule has 0 saturated heterocycles. The van der Waals surface area contributed by atoms with Crippen molar-refractivity contribution in [1.29, 1.82) is 0 Å². The molecule has 0 aliphatic carbocycles. The van der Waals surface area contributed by atoms with Gasteiger partial charge in [-0.2, -0.15) is 0 Å². The summed E-state index contributed by atoms with van der Waals surface area (Å²) in [6.07, 6.45) is 0. The average molecular weight is 514 g/mol. The molecule has 0 amide bonds. The Balaban J connectivity index is 0.00000420. The van der Waals surface area contributed by atoms with E-state index in [1.807, 2.05) is 62.3 Å². The summed E-state index contributed by atoms with van der Waals surface area (Å²) < 4.78 is 13.9. The second-order valence-electron chi connectivity index (χ2n) is 7.35. The van der Waals surface area contributed by atoms with Crippen molar-refractivity contribution in [2.45, 2.75) is 32.5 Å². The molecule has 2 aromatic carbocycles. The number of aliphatic imine (C=N–C) groups is 1. The molecule has 0 aliphatic heterocycles. The predicted molar refractivity (Wildman–Crippen MR) is 128 cm³/mol. The molecule has 3 N–H and O–H groups in total. The molecule has 2 rings (SSSR count). The maximum Gasteiger partial charge on any atom is 0.191 e. The number of hydrogen-bond acceptors (Lipinski definition) is 3. The van der Waals surface area contributed by atoms with E-state index in [2.05, 4.69) is 15.6 Å². The van der Waals surface area contributed by atoms with Gasteiger partial charge in [0.25, 0.3) is 0 Å². The summed E-state index contributed by atoms with van der Waals surface area (Å²) in [6.45, 7) is 5.74. The molecule has 0 spiro atoms. The van der Waals surface area contributed by atoms with E-state index >= 15 is 0 Å². The molecule has 0 aromatic heterocycles.